The predicted octanol–water partition coefficient (Wildman–Crippen LogP) is 5.72. The maximum Gasteiger partial charge on any atom is 0.0602 e. The Kier molecular flexibility index (Phi) is 6.78. The number of hydrogen-bond acceptors (Lipinski definition) is 2. The zero-order valence-corrected chi connectivity index (χ0v) is 18.2. The van der Waals surface area contributed by atoms with E-state index in [1.807, 2.05) is 0 Å². The van der Waals surface area contributed by atoms with Crippen LogP contribution in [0.5, 0.6) is 0 Å². The van der Waals surface area contributed by atoms with E-state index in [0.29, 0.717) is 6.04 Å². The average molecular weight is 397 g/mol. The molecule has 2 heteroatoms. The zero-order chi connectivity index (χ0) is 20.8. The third-order valence-electron chi connectivity index (χ3n) is 6.03. The lowest BCUT2D eigenvalue weighted by Crippen LogP contribution is -2.47. The van der Waals surface area contributed by atoms with Gasteiger partial charge in [-0.3, -0.25) is 9.80 Å². The minimum Gasteiger partial charge on any atom is -0.297 e. The highest BCUT2D eigenvalue weighted by atomic mass is 15.3. The second-order valence-corrected chi connectivity index (χ2v) is 8.37. The van der Waals surface area contributed by atoms with E-state index in [1.165, 1.54) is 27.8 Å². The molecular weight excluding hydrogens is 364 g/mol. The van der Waals surface area contributed by atoms with Gasteiger partial charge in [-0.15, -0.1) is 0 Å². The van der Waals surface area contributed by atoms with Crippen molar-refractivity contribution in [3.05, 3.63) is 113 Å². The van der Waals surface area contributed by atoms with Gasteiger partial charge < -0.3 is 0 Å². The molecule has 0 aliphatic carbocycles. The highest BCUT2D eigenvalue weighted by molar-refractivity contribution is 5.49. The summed E-state index contributed by atoms with van der Waals surface area (Å²) in [6.07, 6.45) is 4.54. The van der Waals surface area contributed by atoms with Crippen molar-refractivity contribution in [3.8, 4) is 0 Å². The van der Waals surface area contributed by atoms with Gasteiger partial charge in [-0.25, -0.2) is 0 Å². The zero-order valence-electron chi connectivity index (χ0n) is 18.2. The number of piperazine rings is 1. The Morgan fingerprint density at radius 3 is 1.90 bits per heavy atom. The van der Waals surface area contributed by atoms with Crippen molar-refractivity contribution < 1.29 is 0 Å². The second-order valence-electron chi connectivity index (χ2n) is 8.37. The van der Waals surface area contributed by atoms with Crippen molar-refractivity contribution in [3.63, 3.8) is 0 Å². The number of benzene rings is 3. The molecule has 3 aromatic carbocycles. The summed E-state index contributed by atoms with van der Waals surface area (Å²) in [6, 6.07) is 29.1. The topological polar surface area (TPSA) is 6.48 Å². The van der Waals surface area contributed by atoms with Crippen molar-refractivity contribution in [2.45, 2.75) is 19.9 Å². The van der Waals surface area contributed by atoms with Crippen LogP contribution in [0.4, 0.5) is 0 Å². The molecule has 0 saturated carbocycles. The van der Waals surface area contributed by atoms with E-state index in [0.717, 1.165) is 32.7 Å². The first-order valence-corrected chi connectivity index (χ1v) is 11.0. The van der Waals surface area contributed by atoms with Gasteiger partial charge in [0.15, 0.2) is 0 Å². The molecule has 0 spiro atoms. The van der Waals surface area contributed by atoms with E-state index >= 15 is 0 Å². The SMILES string of the molecule is Cc1ccc(C=CCN2CCN(C(c3ccccc3)c3ccc(C)cc3)CC2)cc1. The molecule has 2 nitrogen and oxygen atoms in total. The smallest absolute Gasteiger partial charge is 0.0602 e. The van der Waals surface area contributed by atoms with Gasteiger partial charge >= 0.3 is 0 Å². The Morgan fingerprint density at radius 2 is 1.27 bits per heavy atom. The minimum atomic E-state index is 0.331. The molecule has 0 radical (unpaired) electrons. The van der Waals surface area contributed by atoms with Crippen molar-refractivity contribution in [2.75, 3.05) is 32.7 Å². The average Bonchev–Trinajstić information content (AvgIpc) is 2.78. The van der Waals surface area contributed by atoms with Gasteiger partial charge in [-0.2, -0.15) is 0 Å². The molecule has 0 aromatic heterocycles. The molecule has 1 heterocycles. The summed E-state index contributed by atoms with van der Waals surface area (Å²) in [5.74, 6) is 0. The summed E-state index contributed by atoms with van der Waals surface area (Å²) >= 11 is 0. The van der Waals surface area contributed by atoms with Gasteiger partial charge in [0.1, 0.15) is 0 Å². The molecule has 1 aliphatic heterocycles. The third-order valence-corrected chi connectivity index (χ3v) is 6.03. The summed E-state index contributed by atoms with van der Waals surface area (Å²) in [4.78, 5) is 5.19. The molecule has 0 N–H and O–H groups in total. The van der Waals surface area contributed by atoms with Crippen LogP contribution in [0, 0.1) is 13.8 Å². The lowest BCUT2D eigenvalue weighted by Gasteiger charge is -2.39. The Bertz CT molecular complexity index is 934. The van der Waals surface area contributed by atoms with E-state index in [-0.39, 0.29) is 0 Å². The van der Waals surface area contributed by atoms with Crippen LogP contribution in [-0.4, -0.2) is 42.5 Å². The Morgan fingerprint density at radius 1 is 0.700 bits per heavy atom. The maximum absolute atomic E-state index is 2.64. The van der Waals surface area contributed by atoms with Gasteiger partial charge in [0.2, 0.25) is 0 Å². The van der Waals surface area contributed by atoms with E-state index < -0.39 is 0 Å². The van der Waals surface area contributed by atoms with Crippen LogP contribution in [0.2, 0.25) is 0 Å². The molecule has 4 rings (SSSR count). The van der Waals surface area contributed by atoms with Crippen molar-refractivity contribution in [1.82, 2.24) is 9.80 Å². The van der Waals surface area contributed by atoms with Gasteiger partial charge in [-0.05, 0) is 30.5 Å². The number of hydrogen-bond donors (Lipinski definition) is 0. The lowest BCUT2D eigenvalue weighted by molar-refractivity contribution is 0.118. The van der Waals surface area contributed by atoms with E-state index in [9.17, 15) is 0 Å². The molecule has 30 heavy (non-hydrogen) atoms. The van der Waals surface area contributed by atoms with Crippen LogP contribution in [0.1, 0.15) is 33.9 Å². The number of aryl methyl sites for hydroxylation is 2. The summed E-state index contributed by atoms with van der Waals surface area (Å²) in [7, 11) is 0. The normalized spacial score (nSPS) is 16.7. The standard InChI is InChI=1S/C28H32N2/c1-23-10-14-25(15-11-23)7-6-18-29-19-21-30(22-20-29)28(26-8-4-3-5-9-26)27-16-12-24(2)13-17-27/h3-17,28H,18-22H2,1-2H3. The summed E-state index contributed by atoms with van der Waals surface area (Å²) in [6.45, 7) is 9.69. The highest BCUT2D eigenvalue weighted by Gasteiger charge is 2.25. The quantitative estimate of drug-likeness (QED) is 0.525. The van der Waals surface area contributed by atoms with Gasteiger partial charge in [0.05, 0.1) is 6.04 Å². The summed E-state index contributed by atoms with van der Waals surface area (Å²) in [5, 5.41) is 0. The predicted molar refractivity (Wildman–Crippen MR) is 128 cm³/mol. The largest absolute Gasteiger partial charge is 0.297 e. The maximum atomic E-state index is 2.64. The fourth-order valence-corrected chi connectivity index (χ4v) is 4.22. The van der Waals surface area contributed by atoms with E-state index in [2.05, 4.69) is 115 Å². The molecular formula is C28H32N2. The van der Waals surface area contributed by atoms with Crippen LogP contribution in [0.15, 0.2) is 84.9 Å². The highest BCUT2D eigenvalue weighted by Crippen LogP contribution is 2.29. The molecule has 1 saturated heterocycles. The third kappa shape index (κ3) is 5.27. The molecule has 1 atom stereocenters. The number of rotatable bonds is 6. The molecule has 0 bridgehead atoms. The lowest BCUT2D eigenvalue weighted by atomic mass is 9.95. The number of nitrogens with zero attached hydrogens (tertiary/aromatic N) is 2. The Hall–Kier alpha value is -2.68. The summed E-state index contributed by atoms with van der Waals surface area (Å²) in [5.41, 5.74) is 6.68. The van der Waals surface area contributed by atoms with Gasteiger partial charge in [-0.1, -0.05) is 102 Å². The molecule has 1 fully saturated rings. The molecule has 3 aromatic rings. The van der Waals surface area contributed by atoms with Crippen molar-refractivity contribution >= 4 is 6.08 Å². The van der Waals surface area contributed by atoms with Crippen molar-refractivity contribution in [2.24, 2.45) is 0 Å². The van der Waals surface area contributed by atoms with E-state index in [4.69, 9.17) is 0 Å². The van der Waals surface area contributed by atoms with E-state index in [1.54, 1.807) is 0 Å². The van der Waals surface area contributed by atoms with Gasteiger partial charge in [0, 0.05) is 32.7 Å². The molecule has 0 amide bonds. The fourth-order valence-electron chi connectivity index (χ4n) is 4.22. The Balaban J connectivity index is 1.40. The molecule has 154 valence electrons. The van der Waals surface area contributed by atoms with Crippen LogP contribution in [0.3, 0.4) is 0 Å². The fraction of sp³-hybridized carbons (Fsp3) is 0.286. The van der Waals surface area contributed by atoms with Gasteiger partial charge in [0.25, 0.3) is 0 Å². The van der Waals surface area contributed by atoms with Crippen LogP contribution >= 0.6 is 0 Å². The first kappa shape index (κ1) is 20.6. The molecule has 1 aliphatic rings. The first-order chi connectivity index (χ1) is 14.7. The van der Waals surface area contributed by atoms with Crippen LogP contribution < -0.4 is 0 Å². The first-order valence-electron chi connectivity index (χ1n) is 11.0. The monoisotopic (exact) mass is 396 g/mol. The van der Waals surface area contributed by atoms with Crippen LogP contribution in [0.25, 0.3) is 6.08 Å². The van der Waals surface area contributed by atoms with Crippen molar-refractivity contribution in [1.29, 1.82) is 0 Å². The summed E-state index contributed by atoms with van der Waals surface area (Å²) < 4.78 is 0. The Labute approximate surface area is 181 Å². The second kappa shape index (κ2) is 9.88. The van der Waals surface area contributed by atoms with Crippen LogP contribution in [-0.2, 0) is 0 Å². The minimum absolute atomic E-state index is 0.331. The molecule has 1 unspecified atom stereocenters.